The first-order chi connectivity index (χ1) is 12.5. The Morgan fingerprint density at radius 2 is 1.62 bits per heavy atom. The van der Waals surface area contributed by atoms with Crippen molar-refractivity contribution in [3.05, 3.63) is 59.7 Å². The summed E-state index contributed by atoms with van der Waals surface area (Å²) < 4.78 is 3.10. The van der Waals surface area contributed by atoms with E-state index in [2.05, 4.69) is 20.8 Å². The van der Waals surface area contributed by atoms with E-state index >= 15 is 0 Å². The van der Waals surface area contributed by atoms with Crippen LogP contribution in [-0.2, 0) is 25.3 Å². The van der Waals surface area contributed by atoms with E-state index in [4.69, 9.17) is 0 Å². The van der Waals surface area contributed by atoms with Crippen LogP contribution in [0.3, 0.4) is 0 Å². The molecule has 3 rings (SSSR count). The van der Waals surface area contributed by atoms with E-state index in [1.165, 1.54) is 10.9 Å². The van der Waals surface area contributed by atoms with Crippen LogP contribution in [0.1, 0.15) is 21.7 Å². The first-order valence-corrected chi connectivity index (χ1v) is 8.11. The van der Waals surface area contributed by atoms with Crippen LogP contribution in [0.15, 0.2) is 42.7 Å². The van der Waals surface area contributed by atoms with Gasteiger partial charge in [-0.1, -0.05) is 30.3 Å². The van der Waals surface area contributed by atoms with E-state index in [9.17, 15) is 9.59 Å². The number of aromatic nitrogens is 4. The number of rotatable bonds is 5. The summed E-state index contributed by atoms with van der Waals surface area (Å²) in [5, 5.41) is 13.8. The second-order valence-corrected chi connectivity index (χ2v) is 5.96. The molecular formula is C18H20N6O2. The molecule has 2 heterocycles. The molecule has 0 atom stereocenters. The zero-order valence-corrected chi connectivity index (χ0v) is 14.9. The van der Waals surface area contributed by atoms with Crippen molar-refractivity contribution in [2.45, 2.75) is 13.3 Å². The average Bonchev–Trinajstić information content (AvgIpc) is 3.12. The SMILES string of the molecule is Cc1c(NC(=O)c2c(NC(=O)Cc3ccccc3)cnn2C)cnn1C. The number of nitrogens with zero attached hydrogens (tertiary/aromatic N) is 4. The largest absolute Gasteiger partial charge is 0.322 e. The summed E-state index contributed by atoms with van der Waals surface area (Å²) in [6.07, 6.45) is 3.27. The molecule has 0 bridgehead atoms. The van der Waals surface area contributed by atoms with Gasteiger partial charge in [0.15, 0.2) is 0 Å². The van der Waals surface area contributed by atoms with Crippen LogP contribution in [0.4, 0.5) is 11.4 Å². The third-order valence-electron chi connectivity index (χ3n) is 4.12. The third kappa shape index (κ3) is 3.64. The number of benzene rings is 1. The molecule has 0 aliphatic carbocycles. The van der Waals surface area contributed by atoms with Crippen molar-refractivity contribution >= 4 is 23.2 Å². The molecule has 0 spiro atoms. The number of carbonyl (C=O) groups is 2. The lowest BCUT2D eigenvalue weighted by molar-refractivity contribution is -0.115. The van der Waals surface area contributed by atoms with Gasteiger partial charge in [-0.15, -0.1) is 0 Å². The van der Waals surface area contributed by atoms with Gasteiger partial charge >= 0.3 is 0 Å². The maximum atomic E-state index is 12.7. The van der Waals surface area contributed by atoms with Crippen molar-refractivity contribution in [3.8, 4) is 0 Å². The molecule has 0 aliphatic rings. The number of anilines is 2. The van der Waals surface area contributed by atoms with Crippen molar-refractivity contribution in [1.29, 1.82) is 0 Å². The number of nitrogens with one attached hydrogen (secondary N) is 2. The number of amides is 2. The molecule has 2 amide bonds. The van der Waals surface area contributed by atoms with Crippen LogP contribution in [0, 0.1) is 6.92 Å². The van der Waals surface area contributed by atoms with E-state index in [1.807, 2.05) is 37.3 Å². The lowest BCUT2D eigenvalue weighted by Crippen LogP contribution is -2.21. The normalized spacial score (nSPS) is 10.6. The fraction of sp³-hybridized carbons (Fsp3) is 0.222. The molecule has 0 saturated carbocycles. The summed E-state index contributed by atoms with van der Waals surface area (Å²) in [7, 11) is 3.45. The Kier molecular flexibility index (Phi) is 4.83. The molecule has 134 valence electrons. The highest BCUT2D eigenvalue weighted by atomic mass is 16.2. The second kappa shape index (κ2) is 7.22. The van der Waals surface area contributed by atoms with Gasteiger partial charge in [0.05, 0.1) is 35.9 Å². The Balaban J connectivity index is 1.75. The first-order valence-electron chi connectivity index (χ1n) is 8.11. The summed E-state index contributed by atoms with van der Waals surface area (Å²) >= 11 is 0. The summed E-state index contributed by atoms with van der Waals surface area (Å²) in [5.74, 6) is -0.577. The fourth-order valence-corrected chi connectivity index (χ4v) is 2.58. The maximum Gasteiger partial charge on any atom is 0.276 e. The highest BCUT2D eigenvalue weighted by Crippen LogP contribution is 2.19. The molecule has 0 unspecified atom stereocenters. The summed E-state index contributed by atoms with van der Waals surface area (Å²) in [6.45, 7) is 1.86. The lowest BCUT2D eigenvalue weighted by Gasteiger charge is -2.09. The number of hydrogen-bond acceptors (Lipinski definition) is 4. The standard InChI is InChI=1S/C18H20N6O2/c1-12-14(10-19-23(12)2)22-18(26)17-15(11-20-24(17)3)21-16(25)9-13-7-5-4-6-8-13/h4-8,10-11H,9H2,1-3H3,(H,21,25)(H,22,26). The van der Waals surface area contributed by atoms with Crippen molar-refractivity contribution in [2.24, 2.45) is 14.1 Å². The average molecular weight is 352 g/mol. The molecule has 1 aromatic carbocycles. The number of carbonyl (C=O) groups excluding carboxylic acids is 2. The highest BCUT2D eigenvalue weighted by Gasteiger charge is 2.20. The monoisotopic (exact) mass is 352 g/mol. The third-order valence-corrected chi connectivity index (χ3v) is 4.12. The van der Waals surface area contributed by atoms with Crippen LogP contribution in [-0.4, -0.2) is 31.4 Å². The van der Waals surface area contributed by atoms with E-state index in [0.29, 0.717) is 11.4 Å². The van der Waals surface area contributed by atoms with Gasteiger partial charge in [0, 0.05) is 14.1 Å². The Morgan fingerprint density at radius 1 is 0.962 bits per heavy atom. The van der Waals surface area contributed by atoms with Crippen LogP contribution in [0.5, 0.6) is 0 Å². The molecule has 2 N–H and O–H groups in total. The summed E-state index contributed by atoms with van der Waals surface area (Å²) in [5.41, 5.74) is 2.98. The number of aryl methyl sites for hydroxylation is 2. The second-order valence-electron chi connectivity index (χ2n) is 5.96. The van der Waals surface area contributed by atoms with E-state index < -0.39 is 0 Å². The van der Waals surface area contributed by atoms with Gasteiger partial charge in [-0.05, 0) is 12.5 Å². The van der Waals surface area contributed by atoms with Crippen LogP contribution in [0.2, 0.25) is 0 Å². The summed E-state index contributed by atoms with van der Waals surface area (Å²) in [6, 6.07) is 9.40. The van der Waals surface area contributed by atoms with Crippen LogP contribution in [0.25, 0.3) is 0 Å². The fourth-order valence-electron chi connectivity index (χ4n) is 2.58. The van der Waals surface area contributed by atoms with Gasteiger partial charge in [0.2, 0.25) is 5.91 Å². The Bertz CT molecular complexity index is 942. The quantitative estimate of drug-likeness (QED) is 0.733. The first kappa shape index (κ1) is 17.4. The molecule has 8 nitrogen and oxygen atoms in total. The van der Waals surface area contributed by atoms with E-state index in [-0.39, 0.29) is 23.9 Å². The van der Waals surface area contributed by atoms with E-state index in [0.717, 1.165) is 11.3 Å². The molecule has 26 heavy (non-hydrogen) atoms. The van der Waals surface area contributed by atoms with Gasteiger partial charge in [-0.25, -0.2) is 0 Å². The maximum absolute atomic E-state index is 12.7. The summed E-state index contributed by atoms with van der Waals surface area (Å²) in [4.78, 5) is 24.9. The van der Waals surface area contributed by atoms with Gasteiger partial charge in [0.1, 0.15) is 5.69 Å². The van der Waals surface area contributed by atoms with Gasteiger partial charge < -0.3 is 10.6 Å². The highest BCUT2D eigenvalue weighted by molar-refractivity contribution is 6.09. The predicted octanol–water partition coefficient (Wildman–Crippen LogP) is 1.90. The molecule has 0 radical (unpaired) electrons. The Labute approximate surface area is 150 Å². The topological polar surface area (TPSA) is 93.8 Å². The minimum Gasteiger partial charge on any atom is -0.322 e. The van der Waals surface area contributed by atoms with E-state index in [1.54, 1.807) is 25.0 Å². The zero-order chi connectivity index (χ0) is 18.7. The van der Waals surface area contributed by atoms with Crippen LogP contribution >= 0.6 is 0 Å². The molecule has 0 saturated heterocycles. The van der Waals surface area contributed by atoms with Gasteiger partial charge in [0.25, 0.3) is 5.91 Å². The number of hydrogen-bond donors (Lipinski definition) is 2. The van der Waals surface area contributed by atoms with Gasteiger partial charge in [-0.3, -0.25) is 19.0 Å². The van der Waals surface area contributed by atoms with Crippen LogP contribution < -0.4 is 10.6 Å². The minimum absolute atomic E-state index is 0.212. The zero-order valence-electron chi connectivity index (χ0n) is 14.9. The molecular weight excluding hydrogens is 332 g/mol. The molecule has 8 heteroatoms. The molecule has 2 aromatic heterocycles. The van der Waals surface area contributed by atoms with Crippen molar-refractivity contribution in [3.63, 3.8) is 0 Å². The smallest absolute Gasteiger partial charge is 0.276 e. The minimum atomic E-state index is -0.365. The van der Waals surface area contributed by atoms with Crippen molar-refractivity contribution in [2.75, 3.05) is 10.6 Å². The van der Waals surface area contributed by atoms with Gasteiger partial charge in [-0.2, -0.15) is 10.2 Å². The molecule has 0 aliphatic heterocycles. The predicted molar refractivity (Wildman–Crippen MR) is 97.9 cm³/mol. The van der Waals surface area contributed by atoms with Crippen molar-refractivity contribution < 1.29 is 9.59 Å². The Hall–Kier alpha value is -3.42. The molecule has 0 fully saturated rings. The van der Waals surface area contributed by atoms with Crippen molar-refractivity contribution in [1.82, 2.24) is 19.6 Å². The Morgan fingerprint density at radius 3 is 2.27 bits per heavy atom. The lowest BCUT2D eigenvalue weighted by atomic mass is 10.1. The molecule has 3 aromatic rings.